The number of phenols is 1. The number of aromatic hydroxyl groups is 1. The van der Waals surface area contributed by atoms with Crippen molar-refractivity contribution in [3.63, 3.8) is 0 Å². The van der Waals surface area contributed by atoms with Gasteiger partial charge in [-0.3, -0.25) is 4.90 Å². The molecular formula is C12H19ClN2O. The number of rotatable bonds is 2. The molecule has 1 fully saturated rings. The van der Waals surface area contributed by atoms with Crippen LogP contribution >= 0.6 is 12.4 Å². The Hall–Kier alpha value is -0.770. The normalized spacial score (nSPS) is 21.4. The molecule has 2 N–H and O–H groups in total. The van der Waals surface area contributed by atoms with Gasteiger partial charge in [-0.1, -0.05) is 12.1 Å². The fourth-order valence-electron chi connectivity index (χ4n) is 2.07. The van der Waals surface area contributed by atoms with Crippen molar-refractivity contribution >= 4 is 12.4 Å². The Labute approximate surface area is 103 Å². The van der Waals surface area contributed by atoms with Crippen LogP contribution in [0.15, 0.2) is 24.3 Å². The third-order valence-corrected chi connectivity index (χ3v) is 2.77. The topological polar surface area (TPSA) is 35.5 Å². The molecule has 0 aromatic heterocycles. The number of hydrogen-bond acceptors (Lipinski definition) is 3. The van der Waals surface area contributed by atoms with Crippen molar-refractivity contribution in [3.8, 4) is 5.75 Å². The molecule has 90 valence electrons. The van der Waals surface area contributed by atoms with Gasteiger partial charge in [0.15, 0.2) is 0 Å². The maximum atomic E-state index is 9.36. The van der Waals surface area contributed by atoms with Crippen LogP contribution in [0.2, 0.25) is 0 Å². The van der Waals surface area contributed by atoms with Crippen LogP contribution in [0.25, 0.3) is 0 Å². The molecule has 0 aliphatic carbocycles. The van der Waals surface area contributed by atoms with Crippen molar-refractivity contribution in [1.82, 2.24) is 10.2 Å². The van der Waals surface area contributed by atoms with Gasteiger partial charge in [-0.05, 0) is 24.6 Å². The minimum absolute atomic E-state index is 0. The van der Waals surface area contributed by atoms with E-state index in [1.807, 2.05) is 12.1 Å². The van der Waals surface area contributed by atoms with Crippen LogP contribution in [-0.2, 0) is 6.54 Å². The molecule has 1 atom stereocenters. The third-order valence-electron chi connectivity index (χ3n) is 2.77. The minimum atomic E-state index is 0. The number of phenolic OH excluding ortho intramolecular Hbond substituents is 1. The summed E-state index contributed by atoms with van der Waals surface area (Å²) in [4.78, 5) is 2.41. The van der Waals surface area contributed by atoms with Crippen LogP contribution in [0.4, 0.5) is 0 Å². The van der Waals surface area contributed by atoms with Gasteiger partial charge in [0.1, 0.15) is 5.75 Å². The van der Waals surface area contributed by atoms with E-state index in [1.165, 1.54) is 5.56 Å². The third kappa shape index (κ3) is 3.67. The first kappa shape index (κ1) is 13.3. The highest BCUT2D eigenvalue weighted by Crippen LogP contribution is 2.13. The van der Waals surface area contributed by atoms with Crippen molar-refractivity contribution in [2.45, 2.75) is 19.5 Å². The van der Waals surface area contributed by atoms with E-state index in [-0.39, 0.29) is 12.4 Å². The van der Waals surface area contributed by atoms with Gasteiger partial charge < -0.3 is 10.4 Å². The van der Waals surface area contributed by atoms with Crippen LogP contribution in [0, 0.1) is 0 Å². The van der Waals surface area contributed by atoms with Crippen molar-refractivity contribution < 1.29 is 5.11 Å². The molecule has 4 heteroatoms. The lowest BCUT2D eigenvalue weighted by molar-refractivity contribution is 0.199. The number of halogens is 1. The van der Waals surface area contributed by atoms with Crippen molar-refractivity contribution in [3.05, 3.63) is 29.8 Å². The lowest BCUT2D eigenvalue weighted by Gasteiger charge is -2.31. The Balaban J connectivity index is 0.00000128. The fraction of sp³-hybridized carbons (Fsp3) is 0.500. The van der Waals surface area contributed by atoms with Gasteiger partial charge in [-0.15, -0.1) is 12.4 Å². The maximum absolute atomic E-state index is 9.36. The van der Waals surface area contributed by atoms with Crippen LogP contribution in [0.3, 0.4) is 0 Å². The van der Waals surface area contributed by atoms with Crippen molar-refractivity contribution in [1.29, 1.82) is 0 Å². The van der Waals surface area contributed by atoms with Crippen LogP contribution in [0.1, 0.15) is 12.5 Å². The largest absolute Gasteiger partial charge is 0.508 e. The number of piperazine rings is 1. The Morgan fingerprint density at radius 1 is 1.50 bits per heavy atom. The van der Waals surface area contributed by atoms with E-state index in [1.54, 1.807) is 6.07 Å². The van der Waals surface area contributed by atoms with Gasteiger partial charge >= 0.3 is 0 Å². The quantitative estimate of drug-likeness (QED) is 0.827. The highest BCUT2D eigenvalue weighted by atomic mass is 35.5. The van der Waals surface area contributed by atoms with Gasteiger partial charge in [0.2, 0.25) is 0 Å². The van der Waals surface area contributed by atoms with E-state index in [4.69, 9.17) is 0 Å². The first-order valence-corrected chi connectivity index (χ1v) is 5.48. The zero-order valence-corrected chi connectivity index (χ0v) is 10.3. The second-order valence-corrected chi connectivity index (χ2v) is 4.26. The second kappa shape index (κ2) is 6.09. The lowest BCUT2D eigenvalue weighted by atomic mass is 10.1. The average Bonchev–Trinajstić information content (AvgIpc) is 2.17. The summed E-state index contributed by atoms with van der Waals surface area (Å²) in [7, 11) is 0. The first-order chi connectivity index (χ1) is 7.24. The molecule has 1 aromatic rings. The number of benzene rings is 1. The molecule has 1 aliphatic rings. The zero-order valence-electron chi connectivity index (χ0n) is 9.52. The molecule has 0 amide bonds. The molecule has 1 aromatic carbocycles. The molecule has 1 aliphatic heterocycles. The average molecular weight is 243 g/mol. The molecule has 3 nitrogen and oxygen atoms in total. The standard InChI is InChI=1S/C12H18N2O.ClH/c1-10-8-14(6-5-13-10)9-11-3-2-4-12(15)7-11;/h2-4,7,10,13,15H,5-6,8-9H2,1H3;1H/t10-;/m1./s1. The fourth-order valence-corrected chi connectivity index (χ4v) is 2.07. The lowest BCUT2D eigenvalue weighted by Crippen LogP contribution is -2.48. The minimum Gasteiger partial charge on any atom is -0.508 e. The van der Waals surface area contributed by atoms with Gasteiger partial charge in [-0.2, -0.15) is 0 Å². The van der Waals surface area contributed by atoms with Gasteiger partial charge in [0, 0.05) is 32.2 Å². The van der Waals surface area contributed by atoms with Crippen molar-refractivity contribution in [2.24, 2.45) is 0 Å². The number of nitrogens with one attached hydrogen (secondary N) is 1. The van der Waals surface area contributed by atoms with E-state index in [0.717, 1.165) is 26.2 Å². The van der Waals surface area contributed by atoms with Gasteiger partial charge in [0.25, 0.3) is 0 Å². The molecule has 0 bridgehead atoms. The number of hydrogen-bond donors (Lipinski definition) is 2. The molecule has 0 spiro atoms. The molecule has 0 unspecified atom stereocenters. The smallest absolute Gasteiger partial charge is 0.115 e. The summed E-state index contributed by atoms with van der Waals surface area (Å²) in [5, 5.41) is 12.8. The van der Waals surface area contributed by atoms with E-state index in [9.17, 15) is 5.11 Å². The summed E-state index contributed by atoms with van der Waals surface area (Å²) < 4.78 is 0. The maximum Gasteiger partial charge on any atom is 0.115 e. The second-order valence-electron chi connectivity index (χ2n) is 4.26. The summed E-state index contributed by atoms with van der Waals surface area (Å²) in [6.45, 7) is 6.35. The van der Waals surface area contributed by atoms with Crippen LogP contribution < -0.4 is 5.32 Å². The first-order valence-electron chi connectivity index (χ1n) is 5.48. The SMILES string of the molecule is C[C@@H]1CN(Cc2cccc(O)c2)CCN1.Cl. The summed E-state index contributed by atoms with van der Waals surface area (Å²) in [6, 6.07) is 8.08. The van der Waals surface area contributed by atoms with Crippen molar-refractivity contribution in [2.75, 3.05) is 19.6 Å². The Kier molecular flexibility index (Phi) is 5.06. The molecule has 2 rings (SSSR count). The summed E-state index contributed by atoms with van der Waals surface area (Å²) in [5.74, 6) is 0.357. The highest BCUT2D eigenvalue weighted by molar-refractivity contribution is 5.85. The summed E-state index contributed by atoms with van der Waals surface area (Å²) in [6.07, 6.45) is 0. The molecule has 16 heavy (non-hydrogen) atoms. The Morgan fingerprint density at radius 3 is 3.00 bits per heavy atom. The zero-order chi connectivity index (χ0) is 10.7. The van der Waals surface area contributed by atoms with Gasteiger partial charge in [0.05, 0.1) is 0 Å². The predicted octanol–water partition coefficient (Wildman–Crippen LogP) is 1.61. The highest BCUT2D eigenvalue weighted by Gasteiger charge is 2.15. The molecule has 0 radical (unpaired) electrons. The molecule has 1 saturated heterocycles. The van der Waals surface area contributed by atoms with E-state index >= 15 is 0 Å². The summed E-state index contributed by atoms with van der Waals surface area (Å²) >= 11 is 0. The van der Waals surface area contributed by atoms with E-state index < -0.39 is 0 Å². The number of nitrogens with zero attached hydrogens (tertiary/aromatic N) is 1. The molecular weight excluding hydrogens is 224 g/mol. The van der Waals surface area contributed by atoms with Crippen LogP contribution in [0.5, 0.6) is 5.75 Å². The van der Waals surface area contributed by atoms with E-state index in [0.29, 0.717) is 11.8 Å². The predicted molar refractivity (Wildman–Crippen MR) is 68.1 cm³/mol. The molecule has 0 saturated carbocycles. The Morgan fingerprint density at radius 2 is 2.31 bits per heavy atom. The van der Waals surface area contributed by atoms with E-state index in [2.05, 4.69) is 23.2 Å². The van der Waals surface area contributed by atoms with Gasteiger partial charge in [-0.25, -0.2) is 0 Å². The monoisotopic (exact) mass is 242 g/mol. The molecule has 1 heterocycles. The Bertz CT molecular complexity index is 333. The summed E-state index contributed by atoms with van der Waals surface area (Å²) in [5.41, 5.74) is 1.18. The van der Waals surface area contributed by atoms with Crippen LogP contribution in [-0.4, -0.2) is 35.7 Å².